The molecule has 0 atom stereocenters. The summed E-state index contributed by atoms with van der Waals surface area (Å²) >= 11 is 15.3. The van der Waals surface area contributed by atoms with Gasteiger partial charge in [0.25, 0.3) is 0 Å². The molecule has 0 N–H and O–H groups in total. The van der Waals surface area contributed by atoms with Gasteiger partial charge >= 0.3 is 0 Å². The van der Waals surface area contributed by atoms with Crippen LogP contribution in [0.5, 0.6) is 0 Å². The molecule has 130 valence electrons. The minimum Gasteiger partial charge on any atom is -0.302 e. The van der Waals surface area contributed by atoms with Gasteiger partial charge in [0, 0.05) is 18.5 Å². The van der Waals surface area contributed by atoms with E-state index in [-0.39, 0.29) is 0 Å². The Labute approximate surface area is 165 Å². The van der Waals surface area contributed by atoms with Crippen LogP contribution in [0, 0.1) is 0 Å². The molecule has 0 radical (unpaired) electrons. The predicted molar refractivity (Wildman–Crippen MR) is 107 cm³/mol. The summed E-state index contributed by atoms with van der Waals surface area (Å²) < 4.78 is 2.11. The third-order valence-electron chi connectivity index (χ3n) is 3.59. The van der Waals surface area contributed by atoms with Crippen LogP contribution in [0.25, 0.3) is 11.4 Å². The number of thioether (sulfide) groups is 2. The molecule has 2 heterocycles. The highest BCUT2D eigenvalue weighted by molar-refractivity contribution is 7.98. The Morgan fingerprint density at radius 1 is 1.12 bits per heavy atom. The van der Waals surface area contributed by atoms with E-state index in [9.17, 15) is 0 Å². The van der Waals surface area contributed by atoms with E-state index < -0.39 is 0 Å². The highest BCUT2D eigenvalue weighted by Gasteiger charge is 2.16. The van der Waals surface area contributed by atoms with Crippen molar-refractivity contribution in [3.63, 3.8) is 0 Å². The number of benzene rings is 1. The average Bonchev–Trinajstić information content (AvgIpc) is 3.05. The fourth-order valence-electron chi connectivity index (χ4n) is 2.38. The van der Waals surface area contributed by atoms with Crippen LogP contribution in [0.2, 0.25) is 10.0 Å². The number of aromatic nitrogens is 4. The van der Waals surface area contributed by atoms with E-state index in [4.69, 9.17) is 23.2 Å². The summed E-state index contributed by atoms with van der Waals surface area (Å²) in [6.07, 6.45) is 3.81. The molecule has 0 aliphatic heterocycles. The zero-order chi connectivity index (χ0) is 17.8. The molecule has 3 rings (SSSR count). The number of pyridine rings is 1. The first-order chi connectivity index (χ1) is 12.1. The zero-order valence-corrected chi connectivity index (χ0v) is 16.9. The van der Waals surface area contributed by atoms with Crippen molar-refractivity contribution in [3.05, 3.63) is 52.1 Å². The van der Waals surface area contributed by atoms with Crippen LogP contribution < -0.4 is 0 Å². The second-order valence-electron chi connectivity index (χ2n) is 5.15. The molecule has 0 amide bonds. The Hall–Kier alpha value is -1.21. The standard InChI is InChI=1S/C17H16Cl2N4S2/c1-3-23-15(12-5-4-8-20-16(12)24-2)21-22-17(23)25-10-11-6-7-13(18)14(19)9-11/h4-9H,3,10H2,1-2H3. The SMILES string of the molecule is CCn1c(SCc2ccc(Cl)c(Cl)c2)nnc1-c1cccnc1SC. The summed E-state index contributed by atoms with van der Waals surface area (Å²) in [6.45, 7) is 2.87. The predicted octanol–water partition coefficient (Wildman–Crippen LogP) is 5.68. The molecular weight excluding hydrogens is 395 g/mol. The first-order valence-electron chi connectivity index (χ1n) is 7.63. The Morgan fingerprint density at radius 2 is 1.96 bits per heavy atom. The summed E-state index contributed by atoms with van der Waals surface area (Å²) in [7, 11) is 0. The van der Waals surface area contributed by atoms with Gasteiger partial charge in [-0.3, -0.25) is 0 Å². The van der Waals surface area contributed by atoms with E-state index in [2.05, 4.69) is 26.7 Å². The first kappa shape index (κ1) is 18.6. The quantitative estimate of drug-likeness (QED) is 0.488. The van der Waals surface area contributed by atoms with Gasteiger partial charge in [-0.15, -0.1) is 22.0 Å². The van der Waals surface area contributed by atoms with Gasteiger partial charge < -0.3 is 4.57 Å². The van der Waals surface area contributed by atoms with Crippen LogP contribution >= 0.6 is 46.7 Å². The summed E-state index contributed by atoms with van der Waals surface area (Å²) in [5.74, 6) is 1.59. The maximum Gasteiger partial charge on any atom is 0.191 e. The Balaban J connectivity index is 1.86. The maximum atomic E-state index is 6.09. The van der Waals surface area contributed by atoms with Gasteiger partial charge in [0.15, 0.2) is 11.0 Å². The molecule has 0 unspecified atom stereocenters. The molecule has 0 bridgehead atoms. The zero-order valence-electron chi connectivity index (χ0n) is 13.7. The summed E-state index contributed by atoms with van der Waals surface area (Å²) in [4.78, 5) is 4.42. The molecule has 0 fully saturated rings. The van der Waals surface area contributed by atoms with Crippen LogP contribution in [0.4, 0.5) is 0 Å². The summed E-state index contributed by atoms with van der Waals surface area (Å²) in [6, 6.07) is 9.63. The van der Waals surface area contributed by atoms with Crippen molar-refractivity contribution in [3.8, 4) is 11.4 Å². The van der Waals surface area contributed by atoms with Gasteiger partial charge in [-0.1, -0.05) is 41.0 Å². The minimum atomic E-state index is 0.565. The molecule has 4 nitrogen and oxygen atoms in total. The van der Waals surface area contributed by atoms with E-state index >= 15 is 0 Å². The van der Waals surface area contributed by atoms with Crippen LogP contribution in [-0.4, -0.2) is 26.0 Å². The van der Waals surface area contributed by atoms with Crippen molar-refractivity contribution in [1.82, 2.24) is 19.7 Å². The average molecular weight is 411 g/mol. The fraction of sp³-hybridized carbons (Fsp3) is 0.235. The Kier molecular flexibility index (Phi) is 6.28. The topological polar surface area (TPSA) is 43.6 Å². The third-order valence-corrected chi connectivity index (χ3v) is 6.08. The molecule has 0 aliphatic carbocycles. The molecule has 25 heavy (non-hydrogen) atoms. The second kappa shape index (κ2) is 8.45. The van der Waals surface area contributed by atoms with Gasteiger partial charge in [-0.05, 0) is 43.0 Å². The molecule has 0 saturated heterocycles. The Bertz CT molecular complexity index is 883. The lowest BCUT2D eigenvalue weighted by Gasteiger charge is -2.09. The van der Waals surface area contributed by atoms with Crippen LogP contribution in [0.3, 0.4) is 0 Å². The van der Waals surface area contributed by atoms with Crippen LogP contribution in [0.15, 0.2) is 46.7 Å². The third kappa shape index (κ3) is 4.14. The number of rotatable bonds is 6. The number of hydrogen-bond acceptors (Lipinski definition) is 5. The highest BCUT2D eigenvalue weighted by atomic mass is 35.5. The van der Waals surface area contributed by atoms with Gasteiger partial charge in [0.1, 0.15) is 5.03 Å². The molecule has 3 aromatic rings. The van der Waals surface area contributed by atoms with E-state index in [1.807, 2.05) is 36.6 Å². The molecule has 0 spiro atoms. The van der Waals surface area contributed by atoms with Crippen molar-refractivity contribution in [2.24, 2.45) is 0 Å². The first-order valence-corrected chi connectivity index (χ1v) is 10.6. The lowest BCUT2D eigenvalue weighted by molar-refractivity contribution is 0.686. The number of halogens is 2. The van der Waals surface area contributed by atoms with Gasteiger partial charge in [-0.25, -0.2) is 4.98 Å². The van der Waals surface area contributed by atoms with Crippen molar-refractivity contribution in [1.29, 1.82) is 0 Å². The highest BCUT2D eigenvalue weighted by Crippen LogP contribution is 2.31. The van der Waals surface area contributed by atoms with Crippen molar-refractivity contribution >= 4 is 46.7 Å². The van der Waals surface area contributed by atoms with E-state index in [1.165, 1.54) is 0 Å². The van der Waals surface area contributed by atoms with Crippen molar-refractivity contribution < 1.29 is 0 Å². The van der Waals surface area contributed by atoms with Gasteiger partial charge in [0.2, 0.25) is 0 Å². The minimum absolute atomic E-state index is 0.565. The maximum absolute atomic E-state index is 6.09. The molecule has 0 saturated carbocycles. The van der Waals surface area contributed by atoms with E-state index in [1.54, 1.807) is 29.7 Å². The van der Waals surface area contributed by atoms with Gasteiger partial charge in [-0.2, -0.15) is 0 Å². The fourth-order valence-corrected chi connectivity index (χ4v) is 4.19. The summed E-state index contributed by atoms with van der Waals surface area (Å²) in [5.41, 5.74) is 2.10. The second-order valence-corrected chi connectivity index (χ2v) is 7.70. The number of nitrogens with zero attached hydrogens (tertiary/aromatic N) is 4. The van der Waals surface area contributed by atoms with Crippen LogP contribution in [0.1, 0.15) is 12.5 Å². The smallest absolute Gasteiger partial charge is 0.191 e. The molecule has 2 aromatic heterocycles. The lowest BCUT2D eigenvalue weighted by Crippen LogP contribution is -2.01. The normalized spacial score (nSPS) is 11.0. The molecule has 8 heteroatoms. The van der Waals surface area contributed by atoms with Crippen LogP contribution in [-0.2, 0) is 12.3 Å². The summed E-state index contributed by atoms with van der Waals surface area (Å²) in [5, 5.41) is 11.7. The van der Waals surface area contributed by atoms with Crippen molar-refractivity contribution in [2.75, 3.05) is 6.26 Å². The van der Waals surface area contributed by atoms with E-state index in [0.29, 0.717) is 10.0 Å². The Morgan fingerprint density at radius 3 is 2.68 bits per heavy atom. The molecule has 1 aromatic carbocycles. The molecule has 0 aliphatic rings. The van der Waals surface area contributed by atoms with Gasteiger partial charge in [0.05, 0.1) is 15.6 Å². The monoisotopic (exact) mass is 410 g/mol. The van der Waals surface area contributed by atoms with Crippen molar-refractivity contribution in [2.45, 2.75) is 29.4 Å². The lowest BCUT2D eigenvalue weighted by atomic mass is 10.2. The number of hydrogen-bond donors (Lipinski definition) is 0. The van der Waals surface area contributed by atoms with E-state index in [0.717, 1.165) is 39.4 Å². The molecular formula is C17H16Cl2N4S2. The largest absolute Gasteiger partial charge is 0.302 e.